The monoisotopic (exact) mass is 513 g/mol. The summed E-state index contributed by atoms with van der Waals surface area (Å²) in [6.45, 7) is 0.581. The Morgan fingerprint density at radius 2 is 1.65 bits per heavy atom. The molecule has 0 saturated carbocycles. The van der Waals surface area contributed by atoms with Crippen LogP contribution in [0, 0.1) is 0 Å². The van der Waals surface area contributed by atoms with Crippen molar-refractivity contribution >= 4 is 29.7 Å². The largest absolute Gasteiger partial charge is 0.478 e. The van der Waals surface area contributed by atoms with E-state index in [2.05, 4.69) is 10.6 Å². The first-order chi connectivity index (χ1) is 17.6. The van der Waals surface area contributed by atoms with Gasteiger partial charge in [-0.05, 0) is 66.4 Å². The second kappa shape index (κ2) is 12.1. The third-order valence-electron chi connectivity index (χ3n) is 5.74. The van der Waals surface area contributed by atoms with Crippen molar-refractivity contribution in [3.63, 3.8) is 0 Å². The van der Waals surface area contributed by atoms with E-state index in [1.807, 2.05) is 36.2 Å². The Labute approximate surface area is 211 Å². The van der Waals surface area contributed by atoms with Crippen molar-refractivity contribution in [1.29, 1.82) is 0 Å². The maximum Gasteiger partial charge on any atom is 0.416 e. The number of benzene rings is 3. The van der Waals surface area contributed by atoms with E-state index < -0.39 is 29.8 Å². The molecule has 0 spiro atoms. The first-order valence-corrected chi connectivity index (χ1v) is 11.4. The van der Waals surface area contributed by atoms with Crippen LogP contribution in [-0.4, -0.2) is 43.0 Å². The molecule has 0 fully saturated rings. The zero-order valence-electron chi connectivity index (χ0n) is 20.0. The molecule has 1 unspecified atom stereocenters. The molecule has 3 N–H and O–H groups in total. The van der Waals surface area contributed by atoms with E-state index in [1.54, 1.807) is 24.3 Å². The van der Waals surface area contributed by atoms with Crippen LogP contribution in [0.15, 0.2) is 72.8 Å². The number of halogens is 3. The number of hydrogen-bond donors (Lipinski definition) is 3. The van der Waals surface area contributed by atoms with Gasteiger partial charge in [0.25, 0.3) is 0 Å². The number of nitrogens with one attached hydrogen (secondary N) is 2. The fourth-order valence-corrected chi connectivity index (χ4v) is 3.75. The molecule has 0 heterocycles. The highest BCUT2D eigenvalue weighted by atomic mass is 19.4. The number of aromatic carboxylic acids is 1. The Morgan fingerprint density at radius 1 is 1.00 bits per heavy atom. The molecule has 7 nitrogen and oxygen atoms in total. The fourth-order valence-electron chi connectivity index (χ4n) is 3.75. The quantitative estimate of drug-likeness (QED) is 0.303. The number of hydrogen-bond acceptors (Lipinski definition) is 4. The summed E-state index contributed by atoms with van der Waals surface area (Å²) in [6, 6.07) is 16.7. The summed E-state index contributed by atoms with van der Waals surface area (Å²) in [4.78, 5) is 37.0. The van der Waals surface area contributed by atoms with Gasteiger partial charge in [-0.1, -0.05) is 30.3 Å². The molecule has 0 saturated heterocycles. The Kier molecular flexibility index (Phi) is 8.89. The second-order valence-corrected chi connectivity index (χ2v) is 8.38. The standard InChI is InChI=1S/C27H26F3N3O4/c1-33(22-14-8-18(9-15-22)23-6-2-3-7-24(23)25(35)36)16-4-5-21(17-34)32-26(37)31-20-12-10-19(11-13-20)27(28,29)30/h2-3,6-15,17,21H,4-5,16H2,1H3,(H,35,36)(H2,31,32,37). The van der Waals surface area contributed by atoms with Gasteiger partial charge in [-0.3, -0.25) is 0 Å². The Bertz CT molecular complexity index is 1230. The van der Waals surface area contributed by atoms with Gasteiger partial charge in [-0.25, -0.2) is 9.59 Å². The smallest absolute Gasteiger partial charge is 0.416 e. The number of aldehydes is 1. The van der Waals surface area contributed by atoms with Crippen LogP contribution in [-0.2, 0) is 11.0 Å². The third kappa shape index (κ3) is 7.57. The Balaban J connectivity index is 1.49. The van der Waals surface area contributed by atoms with Crippen LogP contribution in [0.5, 0.6) is 0 Å². The average molecular weight is 514 g/mol. The summed E-state index contributed by atoms with van der Waals surface area (Å²) in [6.07, 6.45) is -2.92. The normalized spacial score (nSPS) is 11.9. The minimum atomic E-state index is -4.47. The predicted molar refractivity (Wildman–Crippen MR) is 135 cm³/mol. The van der Waals surface area contributed by atoms with E-state index in [0.717, 1.165) is 35.5 Å². The van der Waals surface area contributed by atoms with E-state index in [1.165, 1.54) is 0 Å². The summed E-state index contributed by atoms with van der Waals surface area (Å²) in [5, 5.41) is 14.3. The summed E-state index contributed by atoms with van der Waals surface area (Å²) < 4.78 is 38.0. The molecule has 0 aromatic heterocycles. The Morgan fingerprint density at radius 3 is 2.24 bits per heavy atom. The second-order valence-electron chi connectivity index (χ2n) is 8.38. The lowest BCUT2D eigenvalue weighted by molar-refractivity contribution is -0.137. The zero-order chi connectivity index (χ0) is 27.0. The van der Waals surface area contributed by atoms with Gasteiger partial charge in [0.15, 0.2) is 0 Å². The van der Waals surface area contributed by atoms with Gasteiger partial charge in [0.05, 0.1) is 17.2 Å². The number of carboxylic acids is 1. The van der Waals surface area contributed by atoms with Gasteiger partial charge in [0.2, 0.25) is 0 Å². The first kappa shape index (κ1) is 27.3. The van der Waals surface area contributed by atoms with Crippen molar-refractivity contribution in [2.75, 3.05) is 23.8 Å². The first-order valence-electron chi connectivity index (χ1n) is 11.4. The molecule has 0 aliphatic carbocycles. The van der Waals surface area contributed by atoms with E-state index in [0.29, 0.717) is 31.2 Å². The molecule has 0 radical (unpaired) electrons. The van der Waals surface area contributed by atoms with Gasteiger partial charge < -0.3 is 25.4 Å². The van der Waals surface area contributed by atoms with E-state index >= 15 is 0 Å². The van der Waals surface area contributed by atoms with E-state index in [9.17, 15) is 32.7 Å². The van der Waals surface area contributed by atoms with Crippen LogP contribution in [0.1, 0.15) is 28.8 Å². The van der Waals surface area contributed by atoms with Crippen LogP contribution in [0.2, 0.25) is 0 Å². The number of alkyl halides is 3. The van der Waals surface area contributed by atoms with Gasteiger partial charge in [-0.2, -0.15) is 13.2 Å². The van der Waals surface area contributed by atoms with Gasteiger partial charge in [-0.15, -0.1) is 0 Å². The number of anilines is 2. The minimum absolute atomic E-state index is 0.171. The average Bonchev–Trinajstić information content (AvgIpc) is 2.87. The summed E-state index contributed by atoms with van der Waals surface area (Å²) in [7, 11) is 1.88. The van der Waals surface area contributed by atoms with E-state index in [-0.39, 0.29) is 11.3 Å². The molecule has 1 atom stereocenters. The highest BCUT2D eigenvalue weighted by Crippen LogP contribution is 2.30. The van der Waals surface area contributed by atoms with Crippen LogP contribution in [0.25, 0.3) is 11.1 Å². The SMILES string of the molecule is CN(CCCC(C=O)NC(=O)Nc1ccc(C(F)(F)F)cc1)c1ccc(-c2ccccc2C(=O)O)cc1. The number of amides is 2. The number of rotatable bonds is 10. The molecule has 0 aliphatic rings. The topological polar surface area (TPSA) is 98.7 Å². The molecular weight excluding hydrogens is 487 g/mol. The van der Waals surface area contributed by atoms with Crippen molar-refractivity contribution in [2.45, 2.75) is 25.1 Å². The van der Waals surface area contributed by atoms with E-state index in [4.69, 9.17) is 0 Å². The van der Waals surface area contributed by atoms with Crippen LogP contribution in [0.3, 0.4) is 0 Å². The lowest BCUT2D eigenvalue weighted by Gasteiger charge is -2.21. The maximum absolute atomic E-state index is 12.7. The summed E-state index contributed by atoms with van der Waals surface area (Å²) >= 11 is 0. The predicted octanol–water partition coefficient (Wildman–Crippen LogP) is 5.68. The highest BCUT2D eigenvalue weighted by Gasteiger charge is 2.30. The fraction of sp³-hybridized carbons (Fsp3) is 0.222. The summed E-state index contributed by atoms with van der Waals surface area (Å²) in [5.74, 6) is -0.997. The molecule has 0 aliphatic heterocycles. The van der Waals surface area contributed by atoms with Crippen molar-refractivity contribution in [3.05, 3.63) is 83.9 Å². The lowest BCUT2D eigenvalue weighted by atomic mass is 9.99. The maximum atomic E-state index is 12.7. The van der Waals surface area contributed by atoms with Gasteiger partial charge in [0.1, 0.15) is 6.29 Å². The number of carboxylic acid groups (broad SMARTS) is 1. The lowest BCUT2D eigenvalue weighted by Crippen LogP contribution is -2.39. The Hall–Kier alpha value is -4.34. The van der Waals surface area contributed by atoms with Gasteiger partial charge in [0, 0.05) is 25.0 Å². The molecule has 2 amide bonds. The van der Waals surface area contributed by atoms with Crippen LogP contribution in [0.4, 0.5) is 29.3 Å². The number of urea groups is 1. The summed E-state index contributed by atoms with van der Waals surface area (Å²) in [5.41, 5.74) is 1.86. The molecule has 3 aromatic rings. The number of carbonyl (C=O) groups is 3. The van der Waals surface area contributed by atoms with Crippen molar-refractivity contribution in [1.82, 2.24) is 5.32 Å². The van der Waals surface area contributed by atoms with Crippen LogP contribution < -0.4 is 15.5 Å². The minimum Gasteiger partial charge on any atom is -0.478 e. The van der Waals surface area contributed by atoms with Crippen LogP contribution >= 0.6 is 0 Å². The van der Waals surface area contributed by atoms with Crippen molar-refractivity contribution in [3.8, 4) is 11.1 Å². The highest BCUT2D eigenvalue weighted by molar-refractivity contribution is 5.96. The molecule has 0 bridgehead atoms. The van der Waals surface area contributed by atoms with Crippen molar-refractivity contribution < 1.29 is 32.7 Å². The molecule has 3 aromatic carbocycles. The molecule has 194 valence electrons. The third-order valence-corrected chi connectivity index (χ3v) is 5.74. The number of nitrogens with zero attached hydrogens (tertiary/aromatic N) is 1. The molecule has 10 heteroatoms. The zero-order valence-corrected chi connectivity index (χ0v) is 20.0. The molecular formula is C27H26F3N3O4. The molecule has 3 rings (SSSR count). The van der Waals surface area contributed by atoms with Crippen molar-refractivity contribution in [2.24, 2.45) is 0 Å². The molecule has 37 heavy (non-hydrogen) atoms. The number of carbonyl (C=O) groups excluding carboxylic acids is 2. The van der Waals surface area contributed by atoms with Gasteiger partial charge >= 0.3 is 18.2 Å².